The molecule has 0 atom stereocenters. The van der Waals surface area contributed by atoms with Crippen molar-refractivity contribution in [1.29, 1.82) is 0 Å². The number of nitrogens with zero attached hydrogens (tertiary/aromatic N) is 1. The van der Waals surface area contributed by atoms with Crippen LogP contribution in [0, 0.1) is 0 Å². The molecule has 0 saturated carbocycles. The highest BCUT2D eigenvalue weighted by Gasteiger charge is 2.23. The molecule has 0 unspecified atom stereocenters. The number of thioether (sulfide) groups is 1. The molecule has 2 rings (SSSR count). The van der Waals surface area contributed by atoms with Gasteiger partial charge < -0.3 is 10.1 Å². The fourth-order valence-electron chi connectivity index (χ4n) is 1.80. The predicted octanol–water partition coefficient (Wildman–Crippen LogP) is 4.11. The number of ether oxygens (including phenoxy) is 1. The largest absolute Gasteiger partial charge is 0.492 e. The van der Waals surface area contributed by atoms with E-state index in [4.69, 9.17) is 4.74 Å². The van der Waals surface area contributed by atoms with E-state index in [-0.39, 0.29) is 11.8 Å². The van der Waals surface area contributed by atoms with Crippen molar-refractivity contribution in [2.75, 3.05) is 6.61 Å². The molecule has 0 spiro atoms. The molecule has 0 saturated heterocycles. The van der Waals surface area contributed by atoms with Crippen LogP contribution < -0.4 is 10.1 Å². The summed E-state index contributed by atoms with van der Waals surface area (Å²) in [5, 5.41) is 2.81. The molecular formula is C15H14Br2N2O3S. The lowest BCUT2D eigenvalue weighted by Gasteiger charge is -2.11. The summed E-state index contributed by atoms with van der Waals surface area (Å²) in [5.74, 6) is 0.0303. The monoisotopic (exact) mass is 460 g/mol. The molecule has 1 heterocycles. The highest BCUT2D eigenvalue weighted by molar-refractivity contribution is 9.11. The Bertz CT molecular complexity index is 717. The lowest BCUT2D eigenvalue weighted by atomic mass is 10.2. The van der Waals surface area contributed by atoms with Crippen LogP contribution in [0.15, 0.2) is 31.0 Å². The van der Waals surface area contributed by atoms with Gasteiger partial charge in [0.05, 0.1) is 16.0 Å². The minimum Gasteiger partial charge on any atom is -0.492 e. The Labute approximate surface area is 155 Å². The molecule has 1 aromatic carbocycles. The van der Waals surface area contributed by atoms with E-state index in [1.54, 1.807) is 6.08 Å². The van der Waals surface area contributed by atoms with E-state index >= 15 is 0 Å². The number of carbonyl (C=O) groups excluding carboxylic acids is 2. The number of benzene rings is 1. The van der Waals surface area contributed by atoms with Gasteiger partial charge in [0.1, 0.15) is 5.75 Å². The van der Waals surface area contributed by atoms with Crippen LogP contribution >= 0.6 is 43.6 Å². The molecule has 23 heavy (non-hydrogen) atoms. The third-order valence-electron chi connectivity index (χ3n) is 2.68. The Morgan fingerprint density at radius 2 is 2.17 bits per heavy atom. The molecule has 0 bridgehead atoms. The van der Waals surface area contributed by atoms with Gasteiger partial charge in [-0.1, -0.05) is 22.9 Å². The lowest BCUT2D eigenvalue weighted by molar-refractivity contribution is -0.117. The summed E-state index contributed by atoms with van der Waals surface area (Å²) in [6.45, 7) is 3.97. The maximum atomic E-state index is 12.0. The van der Waals surface area contributed by atoms with E-state index in [9.17, 15) is 9.59 Å². The topological polar surface area (TPSA) is 67.8 Å². The van der Waals surface area contributed by atoms with Crippen LogP contribution in [0.1, 0.15) is 25.8 Å². The quantitative estimate of drug-likeness (QED) is 0.685. The molecule has 2 amide bonds. The van der Waals surface area contributed by atoms with Crippen molar-refractivity contribution in [3.63, 3.8) is 0 Å². The first kappa shape index (κ1) is 18.2. The van der Waals surface area contributed by atoms with Gasteiger partial charge in [-0.2, -0.15) is 4.99 Å². The smallest absolute Gasteiger partial charge is 0.286 e. The molecule has 0 radical (unpaired) electrons. The molecule has 5 nitrogen and oxygen atoms in total. The molecule has 0 fully saturated rings. The number of amidine groups is 1. The standard InChI is InChI=1S/C15H14Br2N2O3S/c1-3-4-22-13-9(5-10(16)7-11(13)17)6-12-14(21)19-15(23-12)18-8(2)20/h5-7H,3-4H2,1-2H3,(H,18,19,20,21)/b12-6+. The number of hydrogen-bond donors (Lipinski definition) is 1. The van der Waals surface area contributed by atoms with E-state index in [1.165, 1.54) is 6.92 Å². The summed E-state index contributed by atoms with van der Waals surface area (Å²) in [6, 6.07) is 3.75. The fraction of sp³-hybridized carbons (Fsp3) is 0.267. The van der Waals surface area contributed by atoms with Crippen LogP contribution in [-0.2, 0) is 9.59 Å². The first-order valence-electron chi connectivity index (χ1n) is 6.82. The molecule has 1 N–H and O–H groups in total. The summed E-state index contributed by atoms with van der Waals surface area (Å²) >= 11 is 8.04. The Kier molecular flexibility index (Phi) is 6.43. The van der Waals surface area contributed by atoms with Gasteiger partial charge >= 0.3 is 0 Å². The summed E-state index contributed by atoms with van der Waals surface area (Å²) in [5.41, 5.74) is 0.759. The van der Waals surface area contributed by atoms with Gasteiger partial charge in [-0.15, -0.1) is 0 Å². The average Bonchev–Trinajstić information content (AvgIpc) is 2.76. The van der Waals surface area contributed by atoms with Gasteiger partial charge in [0, 0.05) is 17.0 Å². The van der Waals surface area contributed by atoms with Crippen molar-refractivity contribution in [3.8, 4) is 5.75 Å². The van der Waals surface area contributed by atoms with Gasteiger partial charge in [0.25, 0.3) is 5.91 Å². The lowest BCUT2D eigenvalue weighted by Crippen LogP contribution is -2.23. The van der Waals surface area contributed by atoms with E-state index in [0.29, 0.717) is 22.4 Å². The van der Waals surface area contributed by atoms with Crippen LogP contribution in [0.4, 0.5) is 0 Å². The third-order valence-corrected chi connectivity index (χ3v) is 4.62. The Morgan fingerprint density at radius 1 is 1.43 bits per heavy atom. The molecule has 0 aliphatic carbocycles. The zero-order valence-electron chi connectivity index (χ0n) is 12.5. The van der Waals surface area contributed by atoms with Gasteiger partial charge in [-0.25, -0.2) is 0 Å². The summed E-state index contributed by atoms with van der Waals surface area (Å²) in [6.07, 6.45) is 2.59. The molecule has 8 heteroatoms. The second kappa shape index (κ2) is 8.12. The van der Waals surface area contributed by atoms with Crippen molar-refractivity contribution in [3.05, 3.63) is 31.5 Å². The van der Waals surface area contributed by atoms with E-state index in [2.05, 4.69) is 42.2 Å². The molecule has 1 aliphatic heterocycles. The number of halogens is 2. The number of amides is 2. The van der Waals surface area contributed by atoms with Crippen molar-refractivity contribution >= 4 is 66.7 Å². The van der Waals surface area contributed by atoms with Gasteiger partial charge in [0.2, 0.25) is 5.91 Å². The first-order valence-corrected chi connectivity index (χ1v) is 9.23. The number of rotatable bonds is 4. The minimum atomic E-state index is -0.378. The second-order valence-electron chi connectivity index (χ2n) is 4.67. The van der Waals surface area contributed by atoms with E-state index in [0.717, 1.165) is 32.7 Å². The van der Waals surface area contributed by atoms with E-state index in [1.807, 2.05) is 19.1 Å². The van der Waals surface area contributed by atoms with Crippen molar-refractivity contribution in [2.45, 2.75) is 20.3 Å². The van der Waals surface area contributed by atoms with E-state index < -0.39 is 0 Å². The van der Waals surface area contributed by atoms with Crippen molar-refractivity contribution < 1.29 is 14.3 Å². The zero-order valence-corrected chi connectivity index (χ0v) is 16.5. The normalized spacial score (nSPS) is 15.7. The zero-order chi connectivity index (χ0) is 17.0. The molecule has 0 aromatic heterocycles. The summed E-state index contributed by atoms with van der Waals surface area (Å²) in [7, 11) is 0. The van der Waals surface area contributed by atoms with Crippen LogP contribution in [0.5, 0.6) is 5.75 Å². The van der Waals surface area contributed by atoms with Crippen molar-refractivity contribution in [1.82, 2.24) is 5.32 Å². The molecule has 122 valence electrons. The average molecular weight is 462 g/mol. The van der Waals surface area contributed by atoms with Crippen molar-refractivity contribution in [2.24, 2.45) is 4.99 Å². The van der Waals surface area contributed by atoms with Gasteiger partial charge in [-0.05, 0) is 52.3 Å². The van der Waals surface area contributed by atoms with Crippen LogP contribution in [0.2, 0.25) is 0 Å². The summed E-state index contributed by atoms with van der Waals surface area (Å²) < 4.78 is 7.43. The number of hydrogen-bond acceptors (Lipinski definition) is 4. The first-order chi connectivity index (χ1) is 10.9. The highest BCUT2D eigenvalue weighted by Crippen LogP contribution is 2.37. The van der Waals surface area contributed by atoms with Crippen LogP contribution in [0.25, 0.3) is 6.08 Å². The van der Waals surface area contributed by atoms with Crippen LogP contribution in [0.3, 0.4) is 0 Å². The minimum absolute atomic E-state index is 0.262. The Balaban J connectivity index is 2.32. The van der Waals surface area contributed by atoms with Crippen LogP contribution in [-0.4, -0.2) is 23.6 Å². The van der Waals surface area contributed by atoms with Gasteiger partial charge in [0.15, 0.2) is 5.17 Å². The molecule has 1 aliphatic rings. The SMILES string of the molecule is CCCOc1c(Br)cc(Br)cc1/C=C1/SC(NC(C)=O)=NC1=O. The fourth-order valence-corrected chi connectivity index (χ4v) is 4.02. The predicted molar refractivity (Wildman–Crippen MR) is 99.5 cm³/mol. The third kappa shape index (κ3) is 4.92. The number of aliphatic imine (C=N–C) groups is 1. The summed E-state index contributed by atoms with van der Waals surface area (Å²) in [4.78, 5) is 27.3. The maximum absolute atomic E-state index is 12.0. The number of carbonyl (C=O) groups is 2. The molecule has 1 aromatic rings. The Morgan fingerprint density at radius 3 is 2.83 bits per heavy atom. The molecular weight excluding hydrogens is 448 g/mol. The van der Waals surface area contributed by atoms with Gasteiger partial charge in [-0.3, -0.25) is 9.59 Å². The highest BCUT2D eigenvalue weighted by atomic mass is 79.9. The maximum Gasteiger partial charge on any atom is 0.286 e. The second-order valence-corrected chi connectivity index (χ2v) is 7.47. The number of nitrogens with one attached hydrogen (secondary N) is 1. The Hall–Kier alpha value is -1.12.